The van der Waals surface area contributed by atoms with Gasteiger partial charge in [-0.25, -0.2) is 4.79 Å². The maximum Gasteiger partial charge on any atom is 0.323 e. The summed E-state index contributed by atoms with van der Waals surface area (Å²) in [5, 5.41) is 6.16. The minimum Gasteiger partial charge on any atom is -0.495 e. The van der Waals surface area contributed by atoms with Crippen molar-refractivity contribution >= 4 is 29.0 Å². The zero-order valence-electron chi connectivity index (χ0n) is 13.7. The average molecular weight is 346 g/mol. The number of carbonyl (C=O) groups excluding carboxylic acids is 1. The second-order valence-corrected chi connectivity index (χ2v) is 6.33. The van der Waals surface area contributed by atoms with Crippen LogP contribution in [0.15, 0.2) is 36.4 Å². The number of fused-ring (bicyclic) bond motifs is 1. The van der Waals surface area contributed by atoms with Crippen LogP contribution in [0.3, 0.4) is 0 Å². The molecule has 0 unspecified atom stereocenters. The van der Waals surface area contributed by atoms with Crippen LogP contribution in [0.5, 0.6) is 5.75 Å². The Labute approximate surface area is 146 Å². The van der Waals surface area contributed by atoms with E-state index in [4.69, 9.17) is 16.3 Å². The fraction of sp³-hybridized carbons (Fsp3) is 0.278. The van der Waals surface area contributed by atoms with Crippen molar-refractivity contribution < 1.29 is 9.53 Å². The Bertz CT molecular complexity index is 764. The third-order valence-electron chi connectivity index (χ3n) is 4.08. The summed E-state index contributed by atoms with van der Waals surface area (Å²) in [6, 6.07) is 10.8. The van der Waals surface area contributed by atoms with Crippen LogP contribution in [-0.4, -0.2) is 31.6 Å². The lowest BCUT2D eigenvalue weighted by Crippen LogP contribution is -2.27. The number of ether oxygens (including phenoxy) is 1. The second-order valence-electron chi connectivity index (χ2n) is 5.90. The summed E-state index contributed by atoms with van der Waals surface area (Å²) < 4.78 is 5.23. The van der Waals surface area contributed by atoms with Gasteiger partial charge in [-0.15, -0.1) is 0 Å². The van der Waals surface area contributed by atoms with Gasteiger partial charge in [0.1, 0.15) is 5.75 Å². The quantitative estimate of drug-likeness (QED) is 0.884. The monoisotopic (exact) mass is 345 g/mol. The molecule has 5 nitrogen and oxygen atoms in total. The van der Waals surface area contributed by atoms with Gasteiger partial charge in [0, 0.05) is 23.8 Å². The average Bonchev–Trinajstić information content (AvgIpc) is 2.54. The topological polar surface area (TPSA) is 53.6 Å². The summed E-state index contributed by atoms with van der Waals surface area (Å²) in [6.07, 6.45) is 1.04. The molecule has 2 aromatic carbocycles. The number of likely N-dealkylation sites (N-methyl/N-ethyl adjacent to an activating group) is 1. The lowest BCUT2D eigenvalue weighted by atomic mass is 9.99. The van der Waals surface area contributed by atoms with Crippen molar-refractivity contribution in [2.45, 2.75) is 13.0 Å². The predicted octanol–water partition coefficient (Wildman–Crippen LogP) is 3.98. The predicted molar refractivity (Wildman–Crippen MR) is 97.1 cm³/mol. The number of carbonyl (C=O) groups is 1. The van der Waals surface area contributed by atoms with E-state index in [9.17, 15) is 4.79 Å². The number of hydrogen-bond acceptors (Lipinski definition) is 3. The van der Waals surface area contributed by atoms with Crippen LogP contribution in [0, 0.1) is 0 Å². The minimum atomic E-state index is -0.334. The molecule has 2 aromatic rings. The number of nitrogens with zero attached hydrogens (tertiary/aromatic N) is 1. The summed E-state index contributed by atoms with van der Waals surface area (Å²) in [5.41, 5.74) is 3.89. The van der Waals surface area contributed by atoms with E-state index >= 15 is 0 Å². The fourth-order valence-electron chi connectivity index (χ4n) is 2.84. The third kappa shape index (κ3) is 3.80. The highest BCUT2D eigenvalue weighted by molar-refractivity contribution is 6.31. The van der Waals surface area contributed by atoms with E-state index in [-0.39, 0.29) is 6.03 Å². The van der Waals surface area contributed by atoms with Gasteiger partial charge in [-0.05, 0) is 54.9 Å². The van der Waals surface area contributed by atoms with Crippen molar-refractivity contribution in [2.75, 3.05) is 31.3 Å². The molecule has 6 heteroatoms. The van der Waals surface area contributed by atoms with Crippen molar-refractivity contribution in [1.29, 1.82) is 0 Å². The smallest absolute Gasteiger partial charge is 0.323 e. The number of halogens is 1. The number of hydrogen-bond donors (Lipinski definition) is 2. The first-order chi connectivity index (χ1) is 11.5. The Balaban J connectivity index is 1.71. The Hall–Kier alpha value is -2.24. The van der Waals surface area contributed by atoms with Gasteiger partial charge in [-0.2, -0.15) is 0 Å². The van der Waals surface area contributed by atoms with E-state index in [1.165, 1.54) is 11.1 Å². The molecule has 3 rings (SSSR count). The van der Waals surface area contributed by atoms with Crippen LogP contribution in [-0.2, 0) is 13.0 Å². The molecule has 0 spiro atoms. The van der Waals surface area contributed by atoms with Crippen molar-refractivity contribution in [2.24, 2.45) is 0 Å². The Morgan fingerprint density at radius 2 is 2.00 bits per heavy atom. The lowest BCUT2D eigenvalue weighted by Gasteiger charge is -2.25. The highest BCUT2D eigenvalue weighted by Crippen LogP contribution is 2.28. The van der Waals surface area contributed by atoms with Gasteiger partial charge < -0.3 is 20.3 Å². The Morgan fingerprint density at radius 1 is 1.17 bits per heavy atom. The van der Waals surface area contributed by atoms with Crippen LogP contribution in [0.25, 0.3) is 0 Å². The molecule has 0 saturated carbocycles. The molecular formula is C18H20ClN3O2. The van der Waals surface area contributed by atoms with Crippen molar-refractivity contribution in [3.63, 3.8) is 0 Å². The summed E-state index contributed by atoms with van der Waals surface area (Å²) in [7, 11) is 3.65. The number of anilines is 2. The van der Waals surface area contributed by atoms with Crippen LogP contribution >= 0.6 is 11.6 Å². The zero-order chi connectivity index (χ0) is 17.1. The molecule has 0 aliphatic carbocycles. The maximum absolute atomic E-state index is 12.3. The van der Waals surface area contributed by atoms with E-state index in [1.54, 1.807) is 25.3 Å². The number of urea groups is 1. The number of amides is 2. The van der Waals surface area contributed by atoms with Crippen LogP contribution in [0.2, 0.25) is 5.02 Å². The molecule has 1 aliphatic rings. The highest BCUT2D eigenvalue weighted by atomic mass is 35.5. The SMILES string of the molecule is COc1ccc(Cl)cc1NC(=O)Nc1ccc2c(c1)CN(C)CC2. The fourth-order valence-corrected chi connectivity index (χ4v) is 3.01. The first-order valence-electron chi connectivity index (χ1n) is 7.77. The van der Waals surface area contributed by atoms with Gasteiger partial charge in [0.25, 0.3) is 0 Å². The summed E-state index contributed by atoms with van der Waals surface area (Å²) in [4.78, 5) is 14.5. The number of methoxy groups -OCH3 is 1. The van der Waals surface area contributed by atoms with Crippen molar-refractivity contribution in [3.05, 3.63) is 52.5 Å². The lowest BCUT2D eigenvalue weighted by molar-refractivity contribution is 0.262. The van der Waals surface area contributed by atoms with E-state index < -0.39 is 0 Å². The molecule has 0 saturated heterocycles. The van der Waals surface area contributed by atoms with Gasteiger partial charge >= 0.3 is 6.03 Å². The number of rotatable bonds is 3. The molecule has 0 atom stereocenters. The summed E-state index contributed by atoms with van der Waals surface area (Å²) >= 11 is 5.98. The summed E-state index contributed by atoms with van der Waals surface area (Å²) in [5.74, 6) is 0.557. The highest BCUT2D eigenvalue weighted by Gasteiger charge is 2.14. The molecular weight excluding hydrogens is 326 g/mol. The van der Waals surface area contributed by atoms with Crippen LogP contribution in [0.4, 0.5) is 16.2 Å². The molecule has 126 valence electrons. The standard InChI is InChI=1S/C18H20ClN3O2/c1-22-8-7-12-3-5-15(9-13(12)11-22)20-18(23)21-16-10-14(19)4-6-17(16)24-2/h3-6,9-10H,7-8,11H2,1-2H3,(H2,20,21,23). The summed E-state index contributed by atoms with van der Waals surface area (Å²) in [6.45, 7) is 1.96. The zero-order valence-corrected chi connectivity index (χ0v) is 14.5. The first kappa shape index (κ1) is 16.6. The molecule has 2 amide bonds. The van der Waals surface area contributed by atoms with Crippen LogP contribution in [0.1, 0.15) is 11.1 Å². The van der Waals surface area contributed by atoms with Crippen molar-refractivity contribution in [3.8, 4) is 5.75 Å². The van der Waals surface area contributed by atoms with E-state index in [1.807, 2.05) is 12.1 Å². The Kier molecular flexibility index (Phi) is 4.92. The van der Waals surface area contributed by atoms with Gasteiger partial charge in [0.05, 0.1) is 12.8 Å². The largest absolute Gasteiger partial charge is 0.495 e. The molecule has 0 bridgehead atoms. The van der Waals surface area contributed by atoms with Gasteiger partial charge in [0.2, 0.25) is 0 Å². The number of benzene rings is 2. The second kappa shape index (κ2) is 7.11. The molecule has 1 aliphatic heterocycles. The molecule has 1 heterocycles. The van der Waals surface area contributed by atoms with Gasteiger partial charge in [-0.3, -0.25) is 0 Å². The Morgan fingerprint density at radius 3 is 2.79 bits per heavy atom. The molecule has 0 aromatic heterocycles. The van der Waals surface area contributed by atoms with Gasteiger partial charge in [-0.1, -0.05) is 17.7 Å². The number of nitrogens with one attached hydrogen (secondary N) is 2. The van der Waals surface area contributed by atoms with E-state index in [0.717, 1.165) is 25.2 Å². The third-order valence-corrected chi connectivity index (χ3v) is 4.31. The van der Waals surface area contributed by atoms with Gasteiger partial charge in [0.15, 0.2) is 0 Å². The van der Waals surface area contributed by atoms with E-state index in [0.29, 0.717) is 16.5 Å². The first-order valence-corrected chi connectivity index (χ1v) is 8.15. The minimum absolute atomic E-state index is 0.334. The molecule has 0 fully saturated rings. The molecule has 0 radical (unpaired) electrons. The van der Waals surface area contributed by atoms with Crippen LogP contribution < -0.4 is 15.4 Å². The normalized spacial score (nSPS) is 14.0. The molecule has 24 heavy (non-hydrogen) atoms. The van der Waals surface area contributed by atoms with E-state index in [2.05, 4.69) is 28.6 Å². The van der Waals surface area contributed by atoms with Crippen molar-refractivity contribution in [1.82, 2.24) is 4.90 Å². The maximum atomic E-state index is 12.3. The molecule has 2 N–H and O–H groups in total.